The molecule has 0 aliphatic rings. The van der Waals surface area contributed by atoms with Gasteiger partial charge in [-0.15, -0.1) is 0 Å². The molecule has 0 aromatic rings. The number of nitrogens with zero attached hydrogens (tertiary/aromatic N) is 1. The van der Waals surface area contributed by atoms with Gasteiger partial charge in [0.1, 0.15) is 6.04 Å². The van der Waals surface area contributed by atoms with E-state index in [0.29, 0.717) is 13.2 Å². The predicted octanol–water partition coefficient (Wildman–Crippen LogP) is 1.64. The maximum Gasteiger partial charge on any atom is 0.405 e. The van der Waals surface area contributed by atoms with Crippen molar-refractivity contribution >= 4 is 0 Å². The SMILES string of the molecule is CCOCCN(CCOCC)C(C(C)N)C(F)(F)F. The topological polar surface area (TPSA) is 47.7 Å². The summed E-state index contributed by atoms with van der Waals surface area (Å²) in [6, 6.07) is -2.67. The third-order valence-electron chi connectivity index (χ3n) is 2.68. The van der Waals surface area contributed by atoms with Crippen LogP contribution in [0.3, 0.4) is 0 Å². The van der Waals surface area contributed by atoms with Crippen LogP contribution in [0.15, 0.2) is 0 Å². The Labute approximate surface area is 113 Å². The van der Waals surface area contributed by atoms with Crippen LogP contribution >= 0.6 is 0 Å². The number of ether oxygens (including phenoxy) is 2. The minimum atomic E-state index is -4.35. The molecule has 0 saturated heterocycles. The van der Waals surface area contributed by atoms with Crippen LogP contribution in [0.1, 0.15) is 20.8 Å². The third kappa shape index (κ3) is 7.71. The Morgan fingerprint density at radius 2 is 1.47 bits per heavy atom. The Morgan fingerprint density at radius 1 is 1.05 bits per heavy atom. The summed E-state index contributed by atoms with van der Waals surface area (Å²) in [5, 5.41) is 0. The largest absolute Gasteiger partial charge is 0.405 e. The first kappa shape index (κ1) is 18.6. The van der Waals surface area contributed by atoms with Crippen LogP contribution < -0.4 is 5.73 Å². The van der Waals surface area contributed by atoms with E-state index in [2.05, 4.69) is 0 Å². The fourth-order valence-electron chi connectivity index (χ4n) is 1.88. The Kier molecular flexibility index (Phi) is 9.34. The van der Waals surface area contributed by atoms with E-state index in [1.165, 1.54) is 11.8 Å². The minimum absolute atomic E-state index is 0.187. The van der Waals surface area contributed by atoms with E-state index in [-0.39, 0.29) is 26.3 Å². The summed E-state index contributed by atoms with van der Waals surface area (Å²) in [6.45, 7) is 6.81. The molecule has 19 heavy (non-hydrogen) atoms. The monoisotopic (exact) mass is 286 g/mol. The molecule has 0 aliphatic heterocycles. The maximum atomic E-state index is 13.0. The fourth-order valence-corrected chi connectivity index (χ4v) is 1.88. The Balaban J connectivity index is 4.63. The average molecular weight is 286 g/mol. The summed E-state index contributed by atoms with van der Waals surface area (Å²) in [6.07, 6.45) is -4.35. The van der Waals surface area contributed by atoms with Gasteiger partial charge in [0.2, 0.25) is 0 Å². The molecule has 0 radical (unpaired) electrons. The molecule has 0 heterocycles. The van der Waals surface area contributed by atoms with Crippen molar-refractivity contribution < 1.29 is 22.6 Å². The number of nitrogens with two attached hydrogens (primary N) is 1. The van der Waals surface area contributed by atoms with E-state index >= 15 is 0 Å². The summed E-state index contributed by atoms with van der Waals surface area (Å²) < 4.78 is 49.4. The highest BCUT2D eigenvalue weighted by atomic mass is 19.4. The highest BCUT2D eigenvalue weighted by molar-refractivity contribution is 4.85. The summed E-state index contributed by atoms with van der Waals surface area (Å²) in [5.74, 6) is 0. The first-order chi connectivity index (χ1) is 8.84. The third-order valence-corrected chi connectivity index (χ3v) is 2.68. The molecule has 0 aliphatic carbocycles. The van der Waals surface area contributed by atoms with E-state index < -0.39 is 18.3 Å². The summed E-state index contributed by atoms with van der Waals surface area (Å²) in [4.78, 5) is 1.29. The number of alkyl halides is 3. The summed E-state index contributed by atoms with van der Waals surface area (Å²) >= 11 is 0. The van der Waals surface area contributed by atoms with E-state index in [1.54, 1.807) is 13.8 Å². The van der Waals surface area contributed by atoms with Crippen LogP contribution in [0.2, 0.25) is 0 Å². The molecule has 7 heteroatoms. The molecular weight excluding hydrogens is 261 g/mol. The quantitative estimate of drug-likeness (QED) is 0.620. The first-order valence-electron chi connectivity index (χ1n) is 6.56. The molecule has 0 bridgehead atoms. The van der Waals surface area contributed by atoms with Crippen molar-refractivity contribution in [3.05, 3.63) is 0 Å². The molecule has 4 nitrogen and oxygen atoms in total. The second kappa shape index (κ2) is 9.52. The maximum absolute atomic E-state index is 13.0. The zero-order valence-corrected chi connectivity index (χ0v) is 11.9. The molecule has 0 aromatic carbocycles. The number of halogens is 3. The van der Waals surface area contributed by atoms with Crippen LogP contribution in [0.25, 0.3) is 0 Å². The van der Waals surface area contributed by atoms with Gasteiger partial charge in [-0.1, -0.05) is 0 Å². The Morgan fingerprint density at radius 3 is 1.74 bits per heavy atom. The molecular formula is C12H25F3N2O2. The van der Waals surface area contributed by atoms with Crippen molar-refractivity contribution in [2.75, 3.05) is 39.5 Å². The minimum Gasteiger partial charge on any atom is -0.380 e. The zero-order valence-electron chi connectivity index (χ0n) is 11.9. The standard InChI is InChI=1S/C12H25F3N2O2/c1-4-18-8-6-17(7-9-19-5-2)11(10(3)16)12(13,14)15/h10-11H,4-9,16H2,1-3H3. The second-order valence-electron chi connectivity index (χ2n) is 4.28. The van der Waals surface area contributed by atoms with Gasteiger partial charge in [0, 0.05) is 32.3 Å². The normalized spacial score (nSPS) is 15.8. The number of hydrogen-bond acceptors (Lipinski definition) is 4. The van der Waals surface area contributed by atoms with Crippen LogP contribution in [-0.2, 0) is 9.47 Å². The number of hydrogen-bond donors (Lipinski definition) is 1. The van der Waals surface area contributed by atoms with Crippen LogP contribution in [0, 0.1) is 0 Å². The van der Waals surface area contributed by atoms with E-state index in [1.807, 2.05) is 0 Å². The Bertz CT molecular complexity index is 216. The van der Waals surface area contributed by atoms with E-state index in [4.69, 9.17) is 15.2 Å². The lowest BCUT2D eigenvalue weighted by molar-refractivity contribution is -0.191. The van der Waals surface area contributed by atoms with E-state index in [0.717, 1.165) is 0 Å². The molecule has 2 unspecified atom stereocenters. The van der Waals surface area contributed by atoms with Gasteiger partial charge in [-0.05, 0) is 20.8 Å². The Hall–Kier alpha value is -0.370. The molecule has 0 rings (SSSR count). The first-order valence-corrected chi connectivity index (χ1v) is 6.56. The van der Waals surface area contributed by atoms with Crippen LogP contribution in [-0.4, -0.2) is 62.7 Å². The van der Waals surface area contributed by atoms with E-state index in [9.17, 15) is 13.2 Å². The fraction of sp³-hybridized carbons (Fsp3) is 1.00. The van der Waals surface area contributed by atoms with Crippen molar-refractivity contribution in [2.45, 2.75) is 39.0 Å². The van der Waals surface area contributed by atoms with Gasteiger partial charge < -0.3 is 15.2 Å². The van der Waals surface area contributed by atoms with Crippen LogP contribution in [0.4, 0.5) is 13.2 Å². The molecule has 0 fully saturated rings. The van der Waals surface area contributed by atoms with Crippen molar-refractivity contribution in [1.29, 1.82) is 0 Å². The highest BCUT2D eigenvalue weighted by Crippen LogP contribution is 2.26. The zero-order chi connectivity index (χ0) is 14.9. The van der Waals surface area contributed by atoms with Crippen molar-refractivity contribution in [3.63, 3.8) is 0 Å². The van der Waals surface area contributed by atoms with Crippen molar-refractivity contribution in [1.82, 2.24) is 4.90 Å². The van der Waals surface area contributed by atoms with Crippen molar-refractivity contribution in [3.8, 4) is 0 Å². The van der Waals surface area contributed by atoms with Gasteiger partial charge in [0.25, 0.3) is 0 Å². The predicted molar refractivity (Wildman–Crippen MR) is 68.1 cm³/mol. The molecule has 2 atom stereocenters. The van der Waals surface area contributed by atoms with Gasteiger partial charge in [-0.3, -0.25) is 4.90 Å². The van der Waals surface area contributed by atoms with Gasteiger partial charge in [-0.25, -0.2) is 0 Å². The molecule has 0 saturated carbocycles. The lowest BCUT2D eigenvalue weighted by atomic mass is 10.1. The van der Waals surface area contributed by atoms with Gasteiger partial charge in [0.15, 0.2) is 0 Å². The van der Waals surface area contributed by atoms with Gasteiger partial charge >= 0.3 is 6.18 Å². The van der Waals surface area contributed by atoms with Gasteiger partial charge in [-0.2, -0.15) is 13.2 Å². The highest BCUT2D eigenvalue weighted by Gasteiger charge is 2.45. The lowest BCUT2D eigenvalue weighted by Crippen LogP contribution is -2.56. The molecule has 116 valence electrons. The summed E-state index contributed by atoms with van der Waals surface area (Å²) in [7, 11) is 0. The molecule has 0 amide bonds. The van der Waals surface area contributed by atoms with Gasteiger partial charge in [0.05, 0.1) is 13.2 Å². The molecule has 0 aromatic heterocycles. The number of rotatable bonds is 10. The molecule has 0 spiro atoms. The van der Waals surface area contributed by atoms with Crippen molar-refractivity contribution in [2.24, 2.45) is 5.73 Å². The molecule has 2 N–H and O–H groups in total. The van der Waals surface area contributed by atoms with Crippen LogP contribution in [0.5, 0.6) is 0 Å². The summed E-state index contributed by atoms with van der Waals surface area (Å²) in [5.41, 5.74) is 5.49. The lowest BCUT2D eigenvalue weighted by Gasteiger charge is -2.35. The average Bonchev–Trinajstić information content (AvgIpc) is 2.26. The smallest absolute Gasteiger partial charge is 0.380 e. The second-order valence-corrected chi connectivity index (χ2v) is 4.28.